The van der Waals surface area contributed by atoms with Gasteiger partial charge in [-0.05, 0) is 48.2 Å². The average molecular weight is 469 g/mol. The van der Waals surface area contributed by atoms with E-state index >= 15 is 0 Å². The number of amides is 5. The van der Waals surface area contributed by atoms with Gasteiger partial charge in [0.15, 0.2) is 0 Å². The van der Waals surface area contributed by atoms with Crippen molar-refractivity contribution < 1.29 is 24.0 Å². The Labute approximate surface area is 194 Å². The smallest absolute Gasteiger partial charge is 0.319 e. The number of nitrogens with one attached hydrogen (secondary N) is 3. The van der Waals surface area contributed by atoms with Crippen LogP contribution in [0.4, 0.5) is 10.5 Å². The number of nitrogens with zero attached hydrogens (tertiary/aromatic N) is 1. The summed E-state index contributed by atoms with van der Waals surface area (Å²) in [5.74, 6) is -1.07. The highest BCUT2D eigenvalue weighted by Gasteiger charge is 2.39. The summed E-state index contributed by atoms with van der Waals surface area (Å²) in [4.78, 5) is 61.4. The molecule has 3 N–H and O–H groups in total. The number of piperidine rings is 1. The third-order valence-corrected chi connectivity index (χ3v) is 6.21. The molecule has 0 aromatic heterocycles. The number of anilines is 1. The standard InChI is InChI=1S/C23H21ClN4O5/c1-12-15(11-29)7-16(8-18(12)24)26-23(33)25-9-13-2-3-14-10-28(22(32)17(14)6-13)19-4-5-20(30)27-21(19)31/h2-3,6-8,11,19H,4-5,9-10H2,1H3,(H2,25,26,33)(H,27,30,31). The Kier molecular flexibility index (Phi) is 6.15. The van der Waals surface area contributed by atoms with Gasteiger partial charge in [0.1, 0.15) is 12.3 Å². The molecular formula is C23H21ClN4O5. The summed E-state index contributed by atoms with van der Waals surface area (Å²) in [6.07, 6.45) is 1.17. The first kappa shape index (κ1) is 22.5. The van der Waals surface area contributed by atoms with Crippen molar-refractivity contribution in [1.29, 1.82) is 0 Å². The van der Waals surface area contributed by atoms with Gasteiger partial charge in [0.05, 0.1) is 0 Å². The molecule has 2 heterocycles. The predicted molar refractivity (Wildman–Crippen MR) is 120 cm³/mol. The third-order valence-electron chi connectivity index (χ3n) is 5.81. The molecule has 0 bridgehead atoms. The zero-order valence-corrected chi connectivity index (χ0v) is 18.5. The summed E-state index contributed by atoms with van der Waals surface area (Å²) in [5, 5.41) is 7.98. The Balaban J connectivity index is 1.39. The number of halogens is 1. The molecule has 0 spiro atoms. The minimum Gasteiger partial charge on any atom is -0.334 e. The van der Waals surface area contributed by atoms with Crippen LogP contribution in [0.25, 0.3) is 0 Å². The lowest BCUT2D eigenvalue weighted by atomic mass is 10.0. The van der Waals surface area contributed by atoms with Crippen LogP contribution in [0.15, 0.2) is 30.3 Å². The van der Waals surface area contributed by atoms with Crippen molar-refractivity contribution in [2.24, 2.45) is 0 Å². The fourth-order valence-corrected chi connectivity index (χ4v) is 4.19. The van der Waals surface area contributed by atoms with E-state index in [-0.39, 0.29) is 24.8 Å². The number of carbonyl (C=O) groups is 5. The van der Waals surface area contributed by atoms with Crippen molar-refractivity contribution in [2.75, 3.05) is 5.32 Å². The van der Waals surface area contributed by atoms with E-state index in [1.54, 1.807) is 31.2 Å². The van der Waals surface area contributed by atoms with Gasteiger partial charge in [0.25, 0.3) is 5.91 Å². The van der Waals surface area contributed by atoms with Crippen LogP contribution in [-0.2, 0) is 22.7 Å². The fraction of sp³-hybridized carbons (Fsp3) is 0.261. The van der Waals surface area contributed by atoms with Crippen LogP contribution in [0, 0.1) is 6.92 Å². The fourth-order valence-electron chi connectivity index (χ4n) is 3.96. The van der Waals surface area contributed by atoms with Crippen molar-refractivity contribution in [2.45, 2.75) is 38.9 Å². The van der Waals surface area contributed by atoms with Crippen molar-refractivity contribution >= 4 is 47.3 Å². The van der Waals surface area contributed by atoms with Gasteiger partial charge in [0, 0.05) is 41.3 Å². The molecule has 0 aliphatic carbocycles. The summed E-state index contributed by atoms with van der Waals surface area (Å²) in [7, 11) is 0. The highest BCUT2D eigenvalue weighted by molar-refractivity contribution is 6.32. The normalized spacial score (nSPS) is 17.5. The number of urea groups is 1. The first-order valence-corrected chi connectivity index (χ1v) is 10.7. The second-order valence-electron chi connectivity index (χ2n) is 7.99. The Morgan fingerprint density at radius 2 is 2.03 bits per heavy atom. The number of rotatable bonds is 5. The molecule has 33 heavy (non-hydrogen) atoms. The Morgan fingerprint density at radius 1 is 1.24 bits per heavy atom. The van der Waals surface area contributed by atoms with Crippen LogP contribution in [0.2, 0.25) is 5.02 Å². The molecule has 10 heteroatoms. The molecular weight excluding hydrogens is 448 g/mol. The highest BCUT2D eigenvalue weighted by atomic mass is 35.5. The van der Waals surface area contributed by atoms with E-state index in [0.29, 0.717) is 52.2 Å². The molecule has 2 aliphatic heterocycles. The summed E-state index contributed by atoms with van der Waals surface area (Å²) in [5.41, 5.74) is 3.36. The second kappa shape index (κ2) is 9.03. The first-order valence-electron chi connectivity index (χ1n) is 10.3. The van der Waals surface area contributed by atoms with Crippen LogP contribution in [-0.4, -0.2) is 41.0 Å². The summed E-state index contributed by atoms with van der Waals surface area (Å²) >= 11 is 6.10. The van der Waals surface area contributed by atoms with E-state index in [2.05, 4.69) is 16.0 Å². The highest BCUT2D eigenvalue weighted by Crippen LogP contribution is 2.28. The lowest BCUT2D eigenvalue weighted by Crippen LogP contribution is -2.52. The SMILES string of the molecule is Cc1c(Cl)cc(NC(=O)NCc2ccc3c(c2)C(=O)N(C2CCC(=O)NC2=O)C3)cc1C=O. The molecule has 4 rings (SSSR count). The quantitative estimate of drug-likeness (QED) is 0.459. The number of imide groups is 1. The van der Waals surface area contributed by atoms with Crippen LogP contribution >= 0.6 is 11.6 Å². The number of aldehydes is 1. The van der Waals surface area contributed by atoms with Crippen molar-refractivity contribution in [3.05, 3.63) is 63.2 Å². The number of benzene rings is 2. The van der Waals surface area contributed by atoms with Gasteiger partial charge in [-0.3, -0.25) is 24.5 Å². The molecule has 2 aromatic carbocycles. The van der Waals surface area contributed by atoms with E-state index in [1.165, 1.54) is 11.0 Å². The minimum absolute atomic E-state index is 0.158. The summed E-state index contributed by atoms with van der Waals surface area (Å²) < 4.78 is 0. The third kappa shape index (κ3) is 4.58. The Bertz CT molecular complexity index is 1200. The number of fused-ring (bicyclic) bond motifs is 1. The van der Waals surface area contributed by atoms with Gasteiger partial charge in [-0.15, -0.1) is 0 Å². The summed E-state index contributed by atoms with van der Waals surface area (Å²) in [6, 6.07) is 7.21. The maximum Gasteiger partial charge on any atom is 0.319 e. The average Bonchev–Trinajstić information content (AvgIpc) is 3.10. The van der Waals surface area contributed by atoms with Crippen molar-refractivity contribution in [3.63, 3.8) is 0 Å². The maximum absolute atomic E-state index is 12.9. The number of carbonyl (C=O) groups excluding carboxylic acids is 5. The van der Waals surface area contributed by atoms with Gasteiger partial charge in [0.2, 0.25) is 11.8 Å². The number of hydrogen-bond acceptors (Lipinski definition) is 5. The van der Waals surface area contributed by atoms with Gasteiger partial charge in [-0.1, -0.05) is 23.7 Å². The molecule has 9 nitrogen and oxygen atoms in total. The zero-order valence-electron chi connectivity index (χ0n) is 17.7. The van der Waals surface area contributed by atoms with Gasteiger partial charge < -0.3 is 15.5 Å². The van der Waals surface area contributed by atoms with Gasteiger partial charge >= 0.3 is 6.03 Å². The largest absolute Gasteiger partial charge is 0.334 e. The van der Waals surface area contributed by atoms with E-state index < -0.39 is 18.0 Å². The maximum atomic E-state index is 12.9. The Hall–Kier alpha value is -3.72. The van der Waals surface area contributed by atoms with E-state index in [1.807, 2.05) is 0 Å². The van der Waals surface area contributed by atoms with Crippen LogP contribution in [0.1, 0.15) is 50.2 Å². The van der Waals surface area contributed by atoms with E-state index in [0.717, 1.165) is 5.56 Å². The van der Waals surface area contributed by atoms with Crippen LogP contribution < -0.4 is 16.0 Å². The van der Waals surface area contributed by atoms with Crippen molar-refractivity contribution in [3.8, 4) is 0 Å². The van der Waals surface area contributed by atoms with Crippen LogP contribution in [0.5, 0.6) is 0 Å². The lowest BCUT2D eigenvalue weighted by molar-refractivity contribution is -0.136. The molecule has 2 aliphatic rings. The minimum atomic E-state index is -0.674. The molecule has 1 fully saturated rings. The van der Waals surface area contributed by atoms with Gasteiger partial charge in [-0.2, -0.15) is 0 Å². The monoisotopic (exact) mass is 468 g/mol. The van der Waals surface area contributed by atoms with Gasteiger partial charge in [-0.25, -0.2) is 4.79 Å². The Morgan fingerprint density at radius 3 is 2.76 bits per heavy atom. The van der Waals surface area contributed by atoms with E-state index in [9.17, 15) is 24.0 Å². The molecule has 1 unspecified atom stereocenters. The topological polar surface area (TPSA) is 125 Å². The molecule has 0 saturated carbocycles. The van der Waals surface area contributed by atoms with Crippen molar-refractivity contribution in [1.82, 2.24) is 15.5 Å². The zero-order chi connectivity index (χ0) is 23.7. The molecule has 1 atom stereocenters. The second-order valence-corrected chi connectivity index (χ2v) is 8.40. The predicted octanol–water partition coefficient (Wildman–Crippen LogP) is 2.54. The molecule has 2 aromatic rings. The number of hydrogen-bond donors (Lipinski definition) is 3. The van der Waals surface area contributed by atoms with E-state index in [4.69, 9.17) is 11.6 Å². The van der Waals surface area contributed by atoms with Crippen LogP contribution in [0.3, 0.4) is 0 Å². The lowest BCUT2D eigenvalue weighted by Gasteiger charge is -2.29. The molecule has 5 amide bonds. The molecule has 0 radical (unpaired) electrons. The summed E-state index contributed by atoms with van der Waals surface area (Å²) in [6.45, 7) is 2.17. The molecule has 1 saturated heterocycles. The first-order chi connectivity index (χ1) is 15.8. The molecule has 170 valence electrons.